The van der Waals surface area contributed by atoms with Crippen LogP contribution in [-0.4, -0.2) is 33.1 Å². The van der Waals surface area contributed by atoms with Crippen LogP contribution in [0.3, 0.4) is 0 Å². The number of halogens is 1. The summed E-state index contributed by atoms with van der Waals surface area (Å²) in [5, 5.41) is 23.2. The van der Waals surface area contributed by atoms with Gasteiger partial charge in [-0.2, -0.15) is 0 Å². The van der Waals surface area contributed by atoms with E-state index in [9.17, 15) is 20.0 Å². The zero-order chi connectivity index (χ0) is 14.8. The Balaban J connectivity index is 2.08. The Labute approximate surface area is 120 Å². The quantitative estimate of drug-likeness (QED) is 0.500. The van der Waals surface area contributed by atoms with Crippen LogP contribution in [0.25, 0.3) is 0 Å². The van der Waals surface area contributed by atoms with Crippen molar-refractivity contribution in [1.29, 1.82) is 0 Å². The molecule has 1 fully saturated rings. The Morgan fingerprint density at radius 1 is 1.55 bits per heavy atom. The van der Waals surface area contributed by atoms with Gasteiger partial charge in [-0.25, -0.2) is 4.98 Å². The number of nitrogens with zero attached hydrogens (tertiary/aromatic N) is 2. The number of nitro groups is 1. The lowest BCUT2D eigenvalue weighted by Crippen LogP contribution is -2.40. The summed E-state index contributed by atoms with van der Waals surface area (Å²) < 4.78 is 0. The Hall–Kier alpha value is -1.73. The summed E-state index contributed by atoms with van der Waals surface area (Å²) in [6, 6.07) is 1.07. The van der Waals surface area contributed by atoms with Crippen LogP contribution in [0.2, 0.25) is 5.15 Å². The fourth-order valence-corrected chi connectivity index (χ4v) is 2.44. The van der Waals surface area contributed by atoms with Gasteiger partial charge in [0.25, 0.3) is 11.6 Å². The first-order valence-corrected chi connectivity index (χ1v) is 6.60. The van der Waals surface area contributed by atoms with Crippen molar-refractivity contribution >= 4 is 23.2 Å². The molecule has 1 heterocycles. The van der Waals surface area contributed by atoms with Gasteiger partial charge in [-0.1, -0.05) is 24.4 Å². The largest absolute Gasteiger partial charge is 0.388 e. The molecule has 0 bridgehead atoms. The van der Waals surface area contributed by atoms with E-state index in [2.05, 4.69) is 10.3 Å². The highest BCUT2D eigenvalue weighted by Gasteiger charge is 2.31. The van der Waals surface area contributed by atoms with Gasteiger partial charge in [0, 0.05) is 12.6 Å². The van der Waals surface area contributed by atoms with Crippen LogP contribution in [0, 0.1) is 10.1 Å². The number of aliphatic hydroxyl groups is 1. The highest BCUT2D eigenvalue weighted by molar-refractivity contribution is 6.32. The van der Waals surface area contributed by atoms with Gasteiger partial charge in [0.05, 0.1) is 16.1 Å². The van der Waals surface area contributed by atoms with Crippen molar-refractivity contribution in [3.05, 3.63) is 33.1 Å². The van der Waals surface area contributed by atoms with Crippen LogP contribution in [0.1, 0.15) is 36.0 Å². The van der Waals surface area contributed by atoms with E-state index in [4.69, 9.17) is 11.6 Å². The smallest absolute Gasteiger partial charge is 0.288 e. The first-order chi connectivity index (χ1) is 9.41. The Kier molecular flexibility index (Phi) is 4.20. The second kappa shape index (κ2) is 5.72. The van der Waals surface area contributed by atoms with Crippen molar-refractivity contribution in [1.82, 2.24) is 10.3 Å². The monoisotopic (exact) mass is 299 g/mol. The maximum Gasteiger partial charge on any atom is 0.288 e. The Morgan fingerprint density at radius 3 is 2.80 bits per heavy atom. The fourth-order valence-electron chi connectivity index (χ4n) is 2.25. The SMILES string of the molecule is O=C(NCC1(O)CCCC1)c1cc([N+](=O)[O-])cnc1Cl. The number of rotatable bonds is 4. The molecular weight excluding hydrogens is 286 g/mol. The van der Waals surface area contributed by atoms with Crippen molar-refractivity contribution in [3.8, 4) is 0 Å². The van der Waals surface area contributed by atoms with Gasteiger partial charge < -0.3 is 10.4 Å². The number of aromatic nitrogens is 1. The molecule has 0 radical (unpaired) electrons. The highest BCUT2D eigenvalue weighted by atomic mass is 35.5. The summed E-state index contributed by atoms with van der Waals surface area (Å²) in [5.41, 5.74) is -1.27. The number of amides is 1. The molecule has 1 aliphatic carbocycles. The maximum absolute atomic E-state index is 12.0. The molecule has 0 atom stereocenters. The fraction of sp³-hybridized carbons (Fsp3) is 0.500. The van der Waals surface area contributed by atoms with Gasteiger partial charge >= 0.3 is 0 Å². The number of pyridine rings is 1. The Morgan fingerprint density at radius 2 is 2.20 bits per heavy atom. The lowest BCUT2D eigenvalue weighted by atomic mass is 10.0. The van der Waals surface area contributed by atoms with Crippen molar-refractivity contribution in [2.24, 2.45) is 0 Å². The molecule has 2 N–H and O–H groups in total. The van der Waals surface area contributed by atoms with E-state index < -0.39 is 16.4 Å². The second-order valence-corrected chi connectivity index (χ2v) is 5.26. The molecule has 2 rings (SSSR count). The first-order valence-electron chi connectivity index (χ1n) is 6.22. The number of hydrogen-bond donors (Lipinski definition) is 2. The molecule has 0 saturated heterocycles. The minimum absolute atomic E-state index is 0.0672. The third-order valence-electron chi connectivity index (χ3n) is 3.39. The van der Waals surface area contributed by atoms with Gasteiger partial charge in [-0.15, -0.1) is 0 Å². The summed E-state index contributed by atoms with van der Waals surface area (Å²) in [7, 11) is 0. The minimum atomic E-state index is -0.893. The van der Waals surface area contributed by atoms with Crippen molar-refractivity contribution in [2.45, 2.75) is 31.3 Å². The topological polar surface area (TPSA) is 105 Å². The zero-order valence-corrected chi connectivity index (χ0v) is 11.4. The van der Waals surface area contributed by atoms with E-state index in [1.165, 1.54) is 0 Å². The van der Waals surface area contributed by atoms with Gasteiger partial charge in [0.2, 0.25) is 0 Å². The van der Waals surface area contributed by atoms with Crippen LogP contribution >= 0.6 is 11.6 Å². The lowest BCUT2D eigenvalue weighted by Gasteiger charge is -2.22. The molecule has 108 valence electrons. The third-order valence-corrected chi connectivity index (χ3v) is 3.69. The minimum Gasteiger partial charge on any atom is -0.388 e. The van der Waals surface area contributed by atoms with E-state index in [0.29, 0.717) is 12.8 Å². The standard InChI is InChI=1S/C12H14ClN3O4/c13-10-9(5-8(6-14-10)16(19)20)11(17)15-7-12(18)3-1-2-4-12/h5-6,18H,1-4,7H2,(H,15,17). The van der Waals surface area contributed by atoms with E-state index in [0.717, 1.165) is 25.1 Å². The molecule has 0 aliphatic heterocycles. The summed E-state index contributed by atoms with van der Waals surface area (Å²) in [5.74, 6) is -0.577. The number of nitrogens with one attached hydrogen (secondary N) is 1. The molecule has 1 aliphatic rings. The lowest BCUT2D eigenvalue weighted by molar-refractivity contribution is -0.385. The van der Waals surface area contributed by atoms with Crippen LogP contribution in [0.5, 0.6) is 0 Å². The molecule has 1 amide bonds. The highest BCUT2D eigenvalue weighted by Crippen LogP contribution is 2.28. The first kappa shape index (κ1) is 14.7. The summed E-state index contributed by atoms with van der Waals surface area (Å²) in [6.07, 6.45) is 4.10. The molecule has 1 saturated carbocycles. The maximum atomic E-state index is 12.0. The zero-order valence-electron chi connectivity index (χ0n) is 10.6. The van der Waals surface area contributed by atoms with Crippen LogP contribution < -0.4 is 5.32 Å². The van der Waals surface area contributed by atoms with E-state index >= 15 is 0 Å². The average Bonchev–Trinajstić information content (AvgIpc) is 2.84. The van der Waals surface area contributed by atoms with Crippen molar-refractivity contribution < 1.29 is 14.8 Å². The van der Waals surface area contributed by atoms with Crippen LogP contribution in [0.4, 0.5) is 5.69 Å². The van der Waals surface area contributed by atoms with Crippen LogP contribution in [0.15, 0.2) is 12.3 Å². The molecule has 0 spiro atoms. The predicted octanol–water partition coefficient (Wildman–Crippen LogP) is 1.68. The average molecular weight is 300 g/mol. The van der Waals surface area contributed by atoms with E-state index in [1.54, 1.807) is 0 Å². The summed E-state index contributed by atoms with van der Waals surface area (Å²) in [6.45, 7) is 0.102. The van der Waals surface area contributed by atoms with Crippen molar-refractivity contribution in [3.63, 3.8) is 0 Å². The van der Waals surface area contributed by atoms with Gasteiger partial charge in [0.1, 0.15) is 11.3 Å². The molecule has 8 heteroatoms. The number of hydrogen-bond acceptors (Lipinski definition) is 5. The summed E-state index contributed by atoms with van der Waals surface area (Å²) >= 11 is 5.77. The van der Waals surface area contributed by atoms with Crippen LogP contribution in [-0.2, 0) is 0 Å². The normalized spacial score (nSPS) is 16.9. The predicted molar refractivity (Wildman–Crippen MR) is 71.7 cm³/mol. The third kappa shape index (κ3) is 3.23. The molecule has 1 aromatic rings. The summed E-state index contributed by atoms with van der Waals surface area (Å²) in [4.78, 5) is 25.6. The molecular formula is C12H14ClN3O4. The van der Waals surface area contributed by atoms with Crippen molar-refractivity contribution in [2.75, 3.05) is 6.54 Å². The second-order valence-electron chi connectivity index (χ2n) is 4.90. The molecule has 1 aromatic heterocycles. The molecule has 0 aromatic carbocycles. The van der Waals surface area contributed by atoms with E-state index in [1.807, 2.05) is 0 Å². The van der Waals surface area contributed by atoms with E-state index in [-0.39, 0.29) is 22.9 Å². The van der Waals surface area contributed by atoms with Gasteiger partial charge in [0.15, 0.2) is 0 Å². The number of carbonyl (C=O) groups is 1. The number of carbonyl (C=O) groups excluding carboxylic acids is 1. The molecule has 20 heavy (non-hydrogen) atoms. The van der Waals surface area contributed by atoms with Gasteiger partial charge in [-0.05, 0) is 12.8 Å². The molecule has 0 unspecified atom stereocenters. The van der Waals surface area contributed by atoms with Gasteiger partial charge in [-0.3, -0.25) is 14.9 Å². The Bertz CT molecular complexity index is 544. The molecule has 7 nitrogen and oxygen atoms in total.